The molecule has 2 rings (SSSR count). The quantitative estimate of drug-likeness (QED) is 0.821. The Bertz CT molecular complexity index is 356. The van der Waals surface area contributed by atoms with Crippen LogP contribution in [0, 0.1) is 11.3 Å². The maximum Gasteiger partial charge on any atom is 0.471 e. The summed E-state index contributed by atoms with van der Waals surface area (Å²) in [6, 6.07) is 0. The Labute approximate surface area is 95.4 Å². The van der Waals surface area contributed by atoms with Gasteiger partial charge in [0.2, 0.25) is 0 Å². The summed E-state index contributed by atoms with van der Waals surface area (Å²) in [6.45, 7) is -0.162. The minimum Gasteiger partial charge on any atom is -0.481 e. The molecule has 0 atom stereocenters. The van der Waals surface area contributed by atoms with Gasteiger partial charge in [-0.15, -0.1) is 0 Å². The Morgan fingerprint density at radius 1 is 1.29 bits per heavy atom. The Hall–Kier alpha value is -1.27. The van der Waals surface area contributed by atoms with E-state index in [1.165, 1.54) is 0 Å². The van der Waals surface area contributed by atoms with Gasteiger partial charge in [0.1, 0.15) is 0 Å². The Kier molecular flexibility index (Phi) is 2.59. The number of halogens is 3. The first-order valence-corrected chi connectivity index (χ1v) is 5.32. The molecule has 0 spiro atoms. The molecule has 1 saturated heterocycles. The fourth-order valence-corrected chi connectivity index (χ4v) is 2.55. The monoisotopic (exact) mass is 251 g/mol. The molecule has 0 unspecified atom stereocenters. The molecule has 0 aromatic carbocycles. The smallest absolute Gasteiger partial charge is 0.471 e. The van der Waals surface area contributed by atoms with Gasteiger partial charge in [-0.05, 0) is 18.8 Å². The third kappa shape index (κ3) is 2.23. The summed E-state index contributed by atoms with van der Waals surface area (Å²) >= 11 is 0. The number of amides is 1. The van der Waals surface area contributed by atoms with Gasteiger partial charge in [0.25, 0.3) is 0 Å². The maximum absolute atomic E-state index is 12.1. The molecular formula is C10H12F3NO3. The van der Waals surface area contributed by atoms with E-state index in [0.29, 0.717) is 4.90 Å². The van der Waals surface area contributed by atoms with Crippen LogP contribution in [0.1, 0.15) is 19.3 Å². The molecule has 2 fully saturated rings. The van der Waals surface area contributed by atoms with E-state index in [-0.39, 0.29) is 25.4 Å². The van der Waals surface area contributed by atoms with Crippen LogP contribution in [0.2, 0.25) is 0 Å². The second-order valence-corrected chi connectivity index (χ2v) is 4.87. The highest BCUT2D eigenvalue weighted by Gasteiger charge is 2.58. The van der Waals surface area contributed by atoms with Crippen LogP contribution in [-0.2, 0) is 9.59 Å². The fraction of sp³-hybridized carbons (Fsp3) is 0.800. The number of alkyl halides is 3. The molecule has 1 aliphatic heterocycles. The lowest BCUT2D eigenvalue weighted by Gasteiger charge is -2.50. The van der Waals surface area contributed by atoms with Crippen molar-refractivity contribution in [3.8, 4) is 0 Å². The van der Waals surface area contributed by atoms with Crippen LogP contribution in [0.3, 0.4) is 0 Å². The molecule has 17 heavy (non-hydrogen) atoms. The lowest BCUT2D eigenvalue weighted by atomic mass is 9.72. The summed E-state index contributed by atoms with van der Waals surface area (Å²) in [5.74, 6) is -2.72. The maximum atomic E-state index is 12.1. The molecule has 2 aliphatic rings. The molecule has 1 aliphatic carbocycles. The van der Waals surface area contributed by atoms with Crippen molar-refractivity contribution in [2.24, 2.45) is 11.3 Å². The first-order valence-electron chi connectivity index (χ1n) is 5.32. The van der Waals surface area contributed by atoms with Crippen LogP contribution in [0.25, 0.3) is 0 Å². The number of carboxylic acid groups (broad SMARTS) is 1. The van der Waals surface area contributed by atoms with Gasteiger partial charge < -0.3 is 10.0 Å². The molecule has 1 heterocycles. The zero-order chi connectivity index (χ0) is 12.8. The zero-order valence-electron chi connectivity index (χ0n) is 8.96. The van der Waals surface area contributed by atoms with Crippen molar-refractivity contribution in [3.05, 3.63) is 0 Å². The molecule has 0 bridgehead atoms. The zero-order valence-corrected chi connectivity index (χ0v) is 8.96. The summed E-state index contributed by atoms with van der Waals surface area (Å²) in [5, 5.41) is 8.75. The van der Waals surface area contributed by atoms with E-state index < -0.39 is 23.5 Å². The number of aliphatic carboxylic acids is 1. The lowest BCUT2D eigenvalue weighted by Crippen LogP contribution is -2.62. The van der Waals surface area contributed by atoms with E-state index in [0.717, 1.165) is 12.8 Å². The minimum atomic E-state index is -4.86. The van der Waals surface area contributed by atoms with Crippen molar-refractivity contribution in [2.45, 2.75) is 25.4 Å². The molecule has 7 heteroatoms. The molecular weight excluding hydrogens is 239 g/mol. The highest BCUT2D eigenvalue weighted by molar-refractivity contribution is 5.83. The predicted octanol–water partition coefficient (Wildman–Crippen LogP) is 1.26. The summed E-state index contributed by atoms with van der Waals surface area (Å²) in [4.78, 5) is 22.3. The predicted molar refractivity (Wildman–Crippen MR) is 50.0 cm³/mol. The number of carboxylic acids is 1. The van der Waals surface area contributed by atoms with Crippen molar-refractivity contribution in [1.82, 2.24) is 4.90 Å². The van der Waals surface area contributed by atoms with Gasteiger partial charge in [-0.3, -0.25) is 9.59 Å². The number of nitrogens with zero attached hydrogens (tertiary/aromatic N) is 1. The van der Waals surface area contributed by atoms with Crippen molar-refractivity contribution in [1.29, 1.82) is 0 Å². The van der Waals surface area contributed by atoms with E-state index in [9.17, 15) is 22.8 Å². The second-order valence-electron chi connectivity index (χ2n) is 4.87. The van der Waals surface area contributed by atoms with Gasteiger partial charge in [0.15, 0.2) is 0 Å². The van der Waals surface area contributed by atoms with Gasteiger partial charge in [-0.25, -0.2) is 0 Å². The van der Waals surface area contributed by atoms with Gasteiger partial charge in [0, 0.05) is 18.5 Å². The minimum absolute atomic E-state index is 0.0810. The van der Waals surface area contributed by atoms with Gasteiger partial charge in [-0.2, -0.15) is 13.2 Å². The average molecular weight is 251 g/mol. The summed E-state index contributed by atoms with van der Waals surface area (Å²) < 4.78 is 36.4. The number of hydrogen-bond donors (Lipinski definition) is 1. The van der Waals surface area contributed by atoms with Crippen molar-refractivity contribution in [2.75, 3.05) is 13.1 Å². The average Bonchev–Trinajstić information content (AvgIpc) is 2.90. The molecule has 0 radical (unpaired) electrons. The Morgan fingerprint density at radius 2 is 1.82 bits per heavy atom. The van der Waals surface area contributed by atoms with Crippen LogP contribution in [0.15, 0.2) is 0 Å². The standard InChI is InChI=1S/C10H12F3NO3/c11-10(12,13)8(17)14-4-9(5-14,3-7(15)16)6-1-2-6/h6H,1-5H2,(H,15,16). The number of likely N-dealkylation sites (tertiary alicyclic amines) is 1. The molecule has 4 nitrogen and oxygen atoms in total. The van der Waals surface area contributed by atoms with Crippen LogP contribution >= 0.6 is 0 Å². The SMILES string of the molecule is O=C(O)CC1(C2CC2)CN(C(=O)C(F)(F)F)C1. The lowest BCUT2D eigenvalue weighted by molar-refractivity contribution is -0.198. The molecule has 0 aromatic heterocycles. The van der Waals surface area contributed by atoms with Crippen molar-refractivity contribution >= 4 is 11.9 Å². The fourth-order valence-electron chi connectivity index (χ4n) is 2.55. The van der Waals surface area contributed by atoms with Gasteiger partial charge in [0.05, 0.1) is 6.42 Å². The number of rotatable bonds is 3. The van der Waals surface area contributed by atoms with E-state index in [2.05, 4.69) is 0 Å². The Balaban J connectivity index is 1.98. The van der Waals surface area contributed by atoms with Gasteiger partial charge in [-0.1, -0.05) is 0 Å². The van der Waals surface area contributed by atoms with Crippen LogP contribution < -0.4 is 0 Å². The molecule has 0 aromatic rings. The number of carbonyl (C=O) groups excluding carboxylic acids is 1. The molecule has 96 valence electrons. The van der Waals surface area contributed by atoms with Crippen LogP contribution in [0.4, 0.5) is 13.2 Å². The first-order chi connectivity index (χ1) is 7.74. The van der Waals surface area contributed by atoms with Crippen LogP contribution in [-0.4, -0.2) is 41.1 Å². The Morgan fingerprint density at radius 3 is 2.18 bits per heavy atom. The van der Waals surface area contributed by atoms with Crippen molar-refractivity contribution in [3.63, 3.8) is 0 Å². The highest BCUT2D eigenvalue weighted by atomic mass is 19.4. The highest BCUT2D eigenvalue weighted by Crippen LogP contribution is 2.53. The first kappa shape index (κ1) is 12.2. The number of carbonyl (C=O) groups is 2. The van der Waals surface area contributed by atoms with E-state index in [4.69, 9.17) is 5.11 Å². The van der Waals surface area contributed by atoms with E-state index in [1.807, 2.05) is 0 Å². The third-order valence-electron chi connectivity index (χ3n) is 3.49. The summed E-state index contributed by atoms with van der Waals surface area (Å²) in [5.41, 5.74) is -0.618. The normalized spacial score (nSPS) is 23.1. The largest absolute Gasteiger partial charge is 0.481 e. The summed E-state index contributed by atoms with van der Waals surface area (Å²) in [6.07, 6.45) is -3.32. The topological polar surface area (TPSA) is 57.6 Å². The molecule has 1 N–H and O–H groups in total. The van der Waals surface area contributed by atoms with Crippen molar-refractivity contribution < 1.29 is 27.9 Å². The number of hydrogen-bond acceptors (Lipinski definition) is 2. The van der Waals surface area contributed by atoms with Gasteiger partial charge >= 0.3 is 18.1 Å². The summed E-state index contributed by atoms with van der Waals surface area (Å²) in [7, 11) is 0. The third-order valence-corrected chi connectivity index (χ3v) is 3.49. The second kappa shape index (κ2) is 3.61. The van der Waals surface area contributed by atoms with E-state index >= 15 is 0 Å². The van der Waals surface area contributed by atoms with E-state index in [1.54, 1.807) is 0 Å². The van der Waals surface area contributed by atoms with Crippen LogP contribution in [0.5, 0.6) is 0 Å². The molecule has 1 amide bonds. The molecule has 1 saturated carbocycles.